The highest BCUT2D eigenvalue weighted by Crippen LogP contribution is 2.42. The van der Waals surface area contributed by atoms with Crippen LogP contribution in [0.1, 0.15) is 5.56 Å². The molecule has 5 nitrogen and oxygen atoms in total. The minimum Gasteiger partial charge on any atom is -0.496 e. The predicted octanol–water partition coefficient (Wildman–Crippen LogP) is 0.469. The highest BCUT2D eigenvalue weighted by Gasteiger charge is 2.61. The van der Waals surface area contributed by atoms with Crippen molar-refractivity contribution in [2.45, 2.75) is 5.60 Å². The monoisotopic (exact) mass is 245 g/mol. The minimum absolute atomic E-state index is 0.242. The molecule has 2 amide bonds. The Morgan fingerprint density at radius 3 is 2.50 bits per heavy atom. The van der Waals surface area contributed by atoms with Gasteiger partial charge in [-0.1, -0.05) is 30.3 Å². The van der Waals surface area contributed by atoms with Gasteiger partial charge in [0.1, 0.15) is 0 Å². The highest BCUT2D eigenvalue weighted by molar-refractivity contribution is 6.29. The number of methoxy groups -OCH3 is 1. The van der Waals surface area contributed by atoms with Crippen LogP contribution in [0.5, 0.6) is 0 Å². The molecule has 3 rings (SSSR count). The third-order valence-electron chi connectivity index (χ3n) is 3.11. The molecule has 1 fully saturated rings. The van der Waals surface area contributed by atoms with Crippen LogP contribution in [-0.2, 0) is 19.1 Å². The lowest BCUT2D eigenvalue weighted by atomic mass is 9.93. The van der Waals surface area contributed by atoms with Crippen LogP contribution in [0.3, 0.4) is 0 Å². The van der Waals surface area contributed by atoms with E-state index in [-0.39, 0.29) is 6.61 Å². The van der Waals surface area contributed by atoms with Crippen molar-refractivity contribution in [3.05, 3.63) is 41.7 Å². The van der Waals surface area contributed by atoms with E-state index in [1.807, 2.05) is 18.2 Å². The molecule has 0 radical (unpaired) electrons. The van der Waals surface area contributed by atoms with Gasteiger partial charge in [0, 0.05) is 0 Å². The van der Waals surface area contributed by atoms with Crippen molar-refractivity contribution < 1.29 is 19.1 Å². The Labute approximate surface area is 103 Å². The van der Waals surface area contributed by atoms with Gasteiger partial charge in [-0.2, -0.15) is 0 Å². The topological polar surface area (TPSA) is 67.9 Å². The zero-order chi connectivity index (χ0) is 12.8. The molecule has 5 heteroatoms. The summed E-state index contributed by atoms with van der Waals surface area (Å²) in [5.74, 6) is -0.615. The van der Waals surface area contributed by atoms with Gasteiger partial charge in [-0.3, -0.25) is 14.9 Å². The molecule has 0 saturated carbocycles. The quantitative estimate of drug-likeness (QED) is 0.607. The predicted molar refractivity (Wildman–Crippen MR) is 62.2 cm³/mol. The summed E-state index contributed by atoms with van der Waals surface area (Å²) >= 11 is 0. The lowest BCUT2D eigenvalue weighted by Crippen LogP contribution is -2.48. The Balaban J connectivity index is 2.20. The first-order valence-electron chi connectivity index (χ1n) is 5.53. The van der Waals surface area contributed by atoms with E-state index >= 15 is 0 Å². The third-order valence-corrected chi connectivity index (χ3v) is 3.11. The number of epoxide rings is 1. The minimum atomic E-state index is -1.10. The van der Waals surface area contributed by atoms with E-state index < -0.39 is 17.4 Å². The van der Waals surface area contributed by atoms with Gasteiger partial charge in [0.25, 0.3) is 11.8 Å². The molecule has 2 aliphatic rings. The standard InChI is InChI=1S/C13H11NO4/c1-17-10-9(8-5-3-2-4-6-8)11(15)14-12(16)13(10)7-18-13/h2-6H,7H2,1H3,(H,14,15,16). The van der Waals surface area contributed by atoms with Crippen molar-refractivity contribution >= 4 is 17.4 Å². The first-order valence-corrected chi connectivity index (χ1v) is 5.53. The second kappa shape index (κ2) is 3.68. The molecule has 1 aromatic carbocycles. The van der Waals surface area contributed by atoms with Crippen LogP contribution in [0.25, 0.3) is 5.57 Å². The molecule has 0 bridgehead atoms. The average molecular weight is 245 g/mol. The van der Waals surface area contributed by atoms with Gasteiger partial charge in [0.2, 0.25) is 5.60 Å². The fourth-order valence-electron chi connectivity index (χ4n) is 2.14. The maximum absolute atomic E-state index is 12.0. The molecule has 1 saturated heterocycles. The number of carbonyl (C=O) groups is 2. The second-order valence-corrected chi connectivity index (χ2v) is 4.17. The molecule has 1 aromatic rings. The summed E-state index contributed by atoms with van der Waals surface area (Å²) in [6, 6.07) is 9.07. The molecule has 18 heavy (non-hydrogen) atoms. The maximum Gasteiger partial charge on any atom is 0.269 e. The van der Waals surface area contributed by atoms with Gasteiger partial charge in [0.05, 0.1) is 19.3 Å². The number of nitrogens with one attached hydrogen (secondary N) is 1. The molecule has 2 heterocycles. The number of ether oxygens (including phenoxy) is 2. The van der Waals surface area contributed by atoms with E-state index in [4.69, 9.17) is 9.47 Å². The Morgan fingerprint density at radius 2 is 1.94 bits per heavy atom. The Bertz CT molecular complexity index is 558. The summed E-state index contributed by atoms with van der Waals surface area (Å²) in [6.45, 7) is 0.242. The van der Waals surface area contributed by atoms with E-state index in [2.05, 4.69) is 5.32 Å². The highest BCUT2D eigenvalue weighted by atomic mass is 16.6. The van der Waals surface area contributed by atoms with Crippen LogP contribution in [0.4, 0.5) is 0 Å². The van der Waals surface area contributed by atoms with Crippen molar-refractivity contribution in [1.29, 1.82) is 0 Å². The summed E-state index contributed by atoms with van der Waals surface area (Å²) in [5.41, 5.74) is -0.0437. The fourth-order valence-corrected chi connectivity index (χ4v) is 2.14. The van der Waals surface area contributed by atoms with Crippen LogP contribution in [0.2, 0.25) is 0 Å². The number of benzene rings is 1. The molecule has 2 aliphatic heterocycles. The van der Waals surface area contributed by atoms with Crippen molar-refractivity contribution in [2.24, 2.45) is 0 Å². The van der Waals surface area contributed by atoms with Crippen molar-refractivity contribution in [3.63, 3.8) is 0 Å². The van der Waals surface area contributed by atoms with E-state index in [1.165, 1.54) is 7.11 Å². The Hall–Kier alpha value is -2.14. The summed E-state index contributed by atoms with van der Waals surface area (Å²) in [6.07, 6.45) is 0. The molecular weight excluding hydrogens is 234 g/mol. The summed E-state index contributed by atoms with van der Waals surface area (Å²) in [4.78, 5) is 23.7. The molecule has 1 spiro atoms. The van der Waals surface area contributed by atoms with Gasteiger partial charge < -0.3 is 9.47 Å². The Morgan fingerprint density at radius 1 is 1.28 bits per heavy atom. The number of rotatable bonds is 2. The average Bonchev–Trinajstić information content (AvgIpc) is 3.16. The third kappa shape index (κ3) is 1.37. The van der Waals surface area contributed by atoms with Crippen LogP contribution >= 0.6 is 0 Å². The molecular formula is C13H11NO4. The lowest BCUT2D eigenvalue weighted by Gasteiger charge is -2.23. The first kappa shape index (κ1) is 11.0. The fraction of sp³-hybridized carbons (Fsp3) is 0.231. The molecule has 0 aromatic heterocycles. The normalized spacial score (nSPS) is 26.3. The Kier molecular flexibility index (Phi) is 2.24. The van der Waals surface area contributed by atoms with E-state index in [0.29, 0.717) is 16.9 Å². The summed E-state index contributed by atoms with van der Waals surface area (Å²) in [5, 5.41) is 2.30. The maximum atomic E-state index is 12.0. The smallest absolute Gasteiger partial charge is 0.269 e. The van der Waals surface area contributed by atoms with Crippen molar-refractivity contribution in [3.8, 4) is 0 Å². The van der Waals surface area contributed by atoms with E-state index in [1.54, 1.807) is 12.1 Å². The molecule has 92 valence electrons. The number of hydrogen-bond donors (Lipinski definition) is 1. The van der Waals surface area contributed by atoms with Crippen LogP contribution in [-0.4, -0.2) is 31.1 Å². The number of carbonyl (C=O) groups excluding carboxylic acids is 2. The number of imide groups is 1. The molecule has 1 unspecified atom stereocenters. The lowest BCUT2D eigenvalue weighted by molar-refractivity contribution is -0.132. The van der Waals surface area contributed by atoms with E-state index in [0.717, 1.165) is 0 Å². The van der Waals surface area contributed by atoms with Gasteiger partial charge in [-0.05, 0) is 5.56 Å². The van der Waals surface area contributed by atoms with Gasteiger partial charge >= 0.3 is 0 Å². The van der Waals surface area contributed by atoms with Crippen molar-refractivity contribution in [2.75, 3.05) is 13.7 Å². The van der Waals surface area contributed by atoms with Gasteiger partial charge in [0.15, 0.2) is 5.76 Å². The zero-order valence-corrected chi connectivity index (χ0v) is 9.73. The first-order chi connectivity index (χ1) is 8.69. The largest absolute Gasteiger partial charge is 0.496 e. The molecule has 1 N–H and O–H groups in total. The second-order valence-electron chi connectivity index (χ2n) is 4.17. The van der Waals surface area contributed by atoms with E-state index in [9.17, 15) is 9.59 Å². The van der Waals surface area contributed by atoms with Crippen LogP contribution < -0.4 is 5.32 Å². The number of amides is 2. The van der Waals surface area contributed by atoms with Crippen LogP contribution in [0.15, 0.2) is 36.1 Å². The molecule has 0 aliphatic carbocycles. The van der Waals surface area contributed by atoms with Gasteiger partial charge in [-0.15, -0.1) is 0 Å². The summed E-state index contributed by atoms with van der Waals surface area (Å²) < 4.78 is 10.5. The number of hydrogen-bond acceptors (Lipinski definition) is 4. The SMILES string of the molecule is COC1=C(c2ccccc2)C(=O)NC(=O)C12CO2. The van der Waals surface area contributed by atoms with Crippen LogP contribution in [0, 0.1) is 0 Å². The zero-order valence-electron chi connectivity index (χ0n) is 9.73. The van der Waals surface area contributed by atoms with Gasteiger partial charge in [-0.25, -0.2) is 0 Å². The summed E-state index contributed by atoms with van der Waals surface area (Å²) in [7, 11) is 1.44. The molecule has 1 atom stereocenters. The van der Waals surface area contributed by atoms with Crippen molar-refractivity contribution in [1.82, 2.24) is 5.32 Å².